The van der Waals surface area contributed by atoms with Crippen molar-refractivity contribution in [2.75, 3.05) is 37.5 Å². The fourth-order valence-electron chi connectivity index (χ4n) is 1.73. The Hall–Kier alpha value is -1.01. The van der Waals surface area contributed by atoms with Gasteiger partial charge in [0.1, 0.15) is 0 Å². The molecule has 1 aromatic rings. The van der Waals surface area contributed by atoms with Crippen molar-refractivity contribution in [3.05, 3.63) is 0 Å². The standard InChI is InChI=1S/C11H21N3O2S/c1-5-14(8(3)7-15-4)11-9(16-6-2)10(12)13-17-11/h8H,5-7H2,1-4H3,(H2,12,13). The second kappa shape index (κ2) is 6.66. The molecule has 1 aromatic heterocycles. The summed E-state index contributed by atoms with van der Waals surface area (Å²) >= 11 is 1.37. The molecule has 1 rings (SSSR count). The highest BCUT2D eigenvalue weighted by molar-refractivity contribution is 7.11. The summed E-state index contributed by atoms with van der Waals surface area (Å²) in [5, 5.41) is 0.983. The highest BCUT2D eigenvalue weighted by Crippen LogP contribution is 2.39. The fourth-order valence-corrected chi connectivity index (χ4v) is 2.66. The maximum absolute atomic E-state index is 5.81. The van der Waals surface area contributed by atoms with Crippen LogP contribution in [0.4, 0.5) is 10.8 Å². The Bertz CT molecular complexity index is 343. The third kappa shape index (κ3) is 3.23. The Kier molecular flexibility index (Phi) is 5.50. The van der Waals surface area contributed by atoms with E-state index in [9.17, 15) is 0 Å². The summed E-state index contributed by atoms with van der Waals surface area (Å²) in [7, 11) is 1.70. The summed E-state index contributed by atoms with van der Waals surface area (Å²) in [6.45, 7) is 8.27. The minimum Gasteiger partial charge on any atom is -0.487 e. The van der Waals surface area contributed by atoms with Gasteiger partial charge in [-0.2, -0.15) is 4.37 Å². The van der Waals surface area contributed by atoms with Crippen LogP contribution in [0.1, 0.15) is 20.8 Å². The first-order valence-corrected chi connectivity index (χ1v) is 6.56. The van der Waals surface area contributed by atoms with Gasteiger partial charge in [-0.05, 0) is 32.3 Å². The molecular weight excluding hydrogens is 238 g/mol. The molecule has 17 heavy (non-hydrogen) atoms. The van der Waals surface area contributed by atoms with E-state index in [4.69, 9.17) is 15.2 Å². The lowest BCUT2D eigenvalue weighted by Crippen LogP contribution is -2.35. The third-order valence-electron chi connectivity index (χ3n) is 2.49. The molecule has 0 aliphatic carbocycles. The van der Waals surface area contributed by atoms with Crippen LogP contribution in [-0.2, 0) is 4.74 Å². The van der Waals surface area contributed by atoms with Gasteiger partial charge >= 0.3 is 0 Å². The molecule has 0 saturated carbocycles. The van der Waals surface area contributed by atoms with Gasteiger partial charge in [-0.15, -0.1) is 0 Å². The van der Waals surface area contributed by atoms with Crippen molar-refractivity contribution < 1.29 is 9.47 Å². The first-order valence-electron chi connectivity index (χ1n) is 5.79. The third-order valence-corrected chi connectivity index (χ3v) is 3.37. The summed E-state index contributed by atoms with van der Waals surface area (Å²) in [5.74, 6) is 1.16. The molecule has 2 N–H and O–H groups in total. The first kappa shape index (κ1) is 14.1. The van der Waals surface area contributed by atoms with E-state index in [-0.39, 0.29) is 6.04 Å². The lowest BCUT2D eigenvalue weighted by atomic mass is 10.3. The van der Waals surface area contributed by atoms with Crippen LogP contribution in [0.2, 0.25) is 0 Å². The normalized spacial score (nSPS) is 12.5. The summed E-state index contributed by atoms with van der Waals surface area (Å²) in [6, 6.07) is 0.268. The number of aromatic nitrogens is 1. The maximum Gasteiger partial charge on any atom is 0.197 e. The van der Waals surface area contributed by atoms with Crippen LogP contribution in [0.5, 0.6) is 5.75 Å². The Balaban J connectivity index is 2.94. The molecule has 98 valence electrons. The zero-order valence-electron chi connectivity index (χ0n) is 10.9. The van der Waals surface area contributed by atoms with E-state index in [0.29, 0.717) is 24.8 Å². The Morgan fingerprint density at radius 1 is 1.47 bits per heavy atom. The second-order valence-electron chi connectivity index (χ2n) is 3.73. The van der Waals surface area contributed by atoms with Gasteiger partial charge in [0.15, 0.2) is 16.6 Å². The van der Waals surface area contributed by atoms with Gasteiger partial charge in [-0.25, -0.2) is 0 Å². The van der Waals surface area contributed by atoms with E-state index in [2.05, 4.69) is 23.1 Å². The summed E-state index contributed by atoms with van der Waals surface area (Å²) < 4.78 is 14.9. The van der Waals surface area contributed by atoms with E-state index in [1.54, 1.807) is 7.11 Å². The zero-order chi connectivity index (χ0) is 12.8. The van der Waals surface area contributed by atoms with Crippen molar-refractivity contribution in [3.8, 4) is 5.75 Å². The first-order chi connectivity index (χ1) is 8.15. The smallest absolute Gasteiger partial charge is 0.197 e. The van der Waals surface area contributed by atoms with Crippen molar-refractivity contribution in [3.63, 3.8) is 0 Å². The number of hydrogen-bond donors (Lipinski definition) is 1. The molecule has 0 spiro atoms. The highest BCUT2D eigenvalue weighted by atomic mass is 32.1. The van der Waals surface area contributed by atoms with Gasteiger partial charge in [-0.3, -0.25) is 0 Å². The number of ether oxygens (including phenoxy) is 2. The molecule has 0 bridgehead atoms. The van der Waals surface area contributed by atoms with E-state index < -0.39 is 0 Å². The van der Waals surface area contributed by atoms with Crippen LogP contribution in [-0.4, -0.2) is 37.3 Å². The molecule has 0 amide bonds. The van der Waals surface area contributed by atoms with Gasteiger partial charge in [0, 0.05) is 13.7 Å². The predicted octanol–water partition coefficient (Wildman–Crippen LogP) is 1.99. The van der Waals surface area contributed by atoms with Crippen LogP contribution in [0, 0.1) is 0 Å². The van der Waals surface area contributed by atoms with Crippen molar-refractivity contribution in [2.45, 2.75) is 26.8 Å². The van der Waals surface area contributed by atoms with Gasteiger partial charge in [0.2, 0.25) is 0 Å². The molecule has 0 radical (unpaired) electrons. The number of nitrogens with two attached hydrogens (primary N) is 1. The van der Waals surface area contributed by atoms with Crippen LogP contribution in [0.25, 0.3) is 0 Å². The Morgan fingerprint density at radius 2 is 2.18 bits per heavy atom. The molecule has 0 aliphatic heterocycles. The Labute approximate surface area is 107 Å². The lowest BCUT2D eigenvalue weighted by Gasteiger charge is -2.28. The number of methoxy groups -OCH3 is 1. The number of nitrogens with zero attached hydrogens (tertiary/aromatic N) is 2. The number of rotatable bonds is 7. The van der Waals surface area contributed by atoms with Gasteiger partial charge in [0.05, 0.1) is 19.3 Å². The topological polar surface area (TPSA) is 60.6 Å². The summed E-state index contributed by atoms with van der Waals surface area (Å²) in [4.78, 5) is 2.20. The van der Waals surface area contributed by atoms with Crippen molar-refractivity contribution in [2.24, 2.45) is 0 Å². The quantitative estimate of drug-likeness (QED) is 0.811. The number of nitrogen functional groups attached to an aromatic ring is 1. The van der Waals surface area contributed by atoms with Gasteiger partial charge in [0.25, 0.3) is 0 Å². The molecule has 0 saturated heterocycles. The summed E-state index contributed by atoms with van der Waals surface area (Å²) in [6.07, 6.45) is 0. The maximum atomic E-state index is 5.81. The SMILES string of the molecule is CCOc1c(N)nsc1N(CC)C(C)COC. The zero-order valence-corrected chi connectivity index (χ0v) is 11.7. The number of anilines is 2. The van der Waals surface area contributed by atoms with E-state index >= 15 is 0 Å². The molecule has 1 heterocycles. The molecule has 5 nitrogen and oxygen atoms in total. The van der Waals surface area contributed by atoms with Crippen molar-refractivity contribution in [1.82, 2.24) is 4.37 Å². The predicted molar refractivity (Wildman–Crippen MR) is 72.1 cm³/mol. The Morgan fingerprint density at radius 3 is 2.71 bits per heavy atom. The van der Waals surface area contributed by atoms with E-state index in [1.807, 2.05) is 6.92 Å². The molecule has 0 aliphatic rings. The molecule has 1 unspecified atom stereocenters. The molecule has 0 fully saturated rings. The minimum atomic E-state index is 0.268. The van der Waals surface area contributed by atoms with E-state index in [1.165, 1.54) is 11.5 Å². The van der Waals surface area contributed by atoms with E-state index in [0.717, 1.165) is 11.5 Å². The monoisotopic (exact) mass is 259 g/mol. The highest BCUT2D eigenvalue weighted by Gasteiger charge is 2.21. The molecular formula is C11H21N3O2S. The van der Waals surface area contributed by atoms with Crippen LogP contribution in [0.3, 0.4) is 0 Å². The van der Waals surface area contributed by atoms with Crippen LogP contribution in [0.15, 0.2) is 0 Å². The molecule has 6 heteroatoms. The average Bonchev–Trinajstić information content (AvgIpc) is 2.64. The second-order valence-corrected chi connectivity index (χ2v) is 4.48. The van der Waals surface area contributed by atoms with Crippen LogP contribution < -0.4 is 15.4 Å². The number of hydrogen-bond acceptors (Lipinski definition) is 6. The fraction of sp³-hybridized carbons (Fsp3) is 0.727. The van der Waals surface area contributed by atoms with Gasteiger partial charge < -0.3 is 20.1 Å². The number of likely N-dealkylation sites (N-methyl/N-ethyl adjacent to an activating group) is 1. The average molecular weight is 259 g/mol. The van der Waals surface area contributed by atoms with Gasteiger partial charge in [-0.1, -0.05) is 0 Å². The lowest BCUT2D eigenvalue weighted by molar-refractivity contribution is 0.182. The van der Waals surface area contributed by atoms with Crippen LogP contribution >= 0.6 is 11.5 Å². The molecule has 1 atom stereocenters. The molecule has 0 aromatic carbocycles. The van der Waals surface area contributed by atoms with Crippen molar-refractivity contribution >= 4 is 22.4 Å². The summed E-state index contributed by atoms with van der Waals surface area (Å²) in [5.41, 5.74) is 5.81. The minimum absolute atomic E-state index is 0.268. The van der Waals surface area contributed by atoms with Crippen molar-refractivity contribution in [1.29, 1.82) is 0 Å². The largest absolute Gasteiger partial charge is 0.487 e.